The third kappa shape index (κ3) is 3.05. The number of hydrogen-bond donors (Lipinski definition) is 1. The van der Waals surface area contributed by atoms with Gasteiger partial charge in [0.25, 0.3) is 0 Å². The van der Waals surface area contributed by atoms with Gasteiger partial charge in [0, 0.05) is 13.1 Å². The molecule has 0 spiro atoms. The summed E-state index contributed by atoms with van der Waals surface area (Å²) in [5.41, 5.74) is 2.19. The number of amides is 2. The highest BCUT2D eigenvalue weighted by atomic mass is 16.2. The molecule has 1 aromatic rings. The van der Waals surface area contributed by atoms with Crippen molar-refractivity contribution in [3.63, 3.8) is 0 Å². The molecule has 1 atom stereocenters. The monoisotopic (exact) mass is 380 g/mol. The zero-order valence-corrected chi connectivity index (χ0v) is 17.0. The minimum absolute atomic E-state index is 0.0267. The van der Waals surface area contributed by atoms with Crippen molar-refractivity contribution in [3.8, 4) is 0 Å². The van der Waals surface area contributed by atoms with Gasteiger partial charge in [0.05, 0.1) is 5.41 Å². The van der Waals surface area contributed by atoms with Gasteiger partial charge in [-0.2, -0.15) is 0 Å². The Morgan fingerprint density at radius 3 is 2.36 bits per heavy atom. The first-order chi connectivity index (χ1) is 13.5. The lowest BCUT2D eigenvalue weighted by molar-refractivity contribution is -0.160. The van der Waals surface area contributed by atoms with Crippen LogP contribution in [0.5, 0.6) is 0 Å². The Morgan fingerprint density at radius 2 is 1.71 bits per heavy atom. The summed E-state index contributed by atoms with van der Waals surface area (Å²) in [6, 6.07) is 7.88. The Labute approximate surface area is 168 Å². The third-order valence-corrected chi connectivity index (χ3v) is 8.02. The van der Waals surface area contributed by atoms with Gasteiger partial charge in [0.1, 0.15) is 6.04 Å². The molecule has 4 saturated carbocycles. The lowest BCUT2D eigenvalue weighted by Crippen LogP contribution is -2.57. The van der Waals surface area contributed by atoms with Crippen LogP contribution in [0, 0.1) is 30.1 Å². The summed E-state index contributed by atoms with van der Waals surface area (Å²) in [5.74, 6) is 2.60. The van der Waals surface area contributed by atoms with E-state index in [-0.39, 0.29) is 17.4 Å². The number of aryl methyl sites for hydroxylation is 1. The first-order valence-electron chi connectivity index (χ1n) is 11.2. The summed E-state index contributed by atoms with van der Waals surface area (Å²) in [6.07, 6.45) is 8.99. The molecule has 1 heterocycles. The van der Waals surface area contributed by atoms with E-state index in [4.69, 9.17) is 0 Å². The maximum atomic E-state index is 13.7. The van der Waals surface area contributed by atoms with Crippen LogP contribution in [-0.4, -0.2) is 29.3 Å². The summed E-state index contributed by atoms with van der Waals surface area (Å²) < 4.78 is 0. The van der Waals surface area contributed by atoms with E-state index >= 15 is 0 Å². The second-order valence-corrected chi connectivity index (χ2v) is 10.00. The predicted molar refractivity (Wildman–Crippen MR) is 108 cm³/mol. The Bertz CT molecular complexity index is 751. The van der Waals surface area contributed by atoms with Crippen LogP contribution in [0.25, 0.3) is 0 Å². The van der Waals surface area contributed by atoms with Crippen LogP contribution < -0.4 is 5.32 Å². The number of benzene rings is 1. The molecule has 28 heavy (non-hydrogen) atoms. The van der Waals surface area contributed by atoms with E-state index in [0.717, 1.165) is 62.0 Å². The van der Waals surface area contributed by atoms with Crippen molar-refractivity contribution in [2.24, 2.45) is 23.2 Å². The highest BCUT2D eigenvalue weighted by molar-refractivity contribution is 5.91. The fourth-order valence-electron chi connectivity index (χ4n) is 7.07. The first kappa shape index (κ1) is 18.2. The average molecular weight is 381 g/mol. The van der Waals surface area contributed by atoms with Crippen molar-refractivity contribution in [1.29, 1.82) is 0 Å². The van der Waals surface area contributed by atoms with E-state index in [1.54, 1.807) is 0 Å². The number of hydrogen-bond acceptors (Lipinski definition) is 2. The molecule has 1 aromatic carbocycles. The van der Waals surface area contributed by atoms with Gasteiger partial charge in [-0.1, -0.05) is 24.3 Å². The van der Waals surface area contributed by atoms with Gasteiger partial charge in [-0.3, -0.25) is 9.59 Å². The second-order valence-electron chi connectivity index (χ2n) is 10.00. The quantitative estimate of drug-likeness (QED) is 0.863. The summed E-state index contributed by atoms with van der Waals surface area (Å²) in [4.78, 5) is 28.6. The average Bonchev–Trinajstić information content (AvgIpc) is 3.15. The van der Waals surface area contributed by atoms with E-state index in [9.17, 15) is 9.59 Å². The summed E-state index contributed by atoms with van der Waals surface area (Å²) in [6.45, 7) is 3.37. The van der Waals surface area contributed by atoms with Crippen molar-refractivity contribution in [1.82, 2.24) is 10.2 Å². The van der Waals surface area contributed by atoms with Gasteiger partial charge >= 0.3 is 0 Å². The molecule has 4 bridgehead atoms. The minimum atomic E-state index is -0.274. The summed E-state index contributed by atoms with van der Waals surface area (Å²) >= 11 is 0. The van der Waals surface area contributed by atoms with E-state index in [0.29, 0.717) is 12.5 Å². The van der Waals surface area contributed by atoms with Crippen LogP contribution in [0.15, 0.2) is 24.3 Å². The van der Waals surface area contributed by atoms with Crippen LogP contribution in [0.1, 0.15) is 62.5 Å². The Morgan fingerprint density at radius 1 is 1.07 bits per heavy atom. The lowest BCUT2D eigenvalue weighted by Gasteiger charge is -2.56. The maximum Gasteiger partial charge on any atom is 0.243 e. The fraction of sp³-hybridized carbons (Fsp3) is 0.667. The zero-order chi connectivity index (χ0) is 19.3. The minimum Gasteiger partial charge on any atom is -0.350 e. The van der Waals surface area contributed by atoms with Gasteiger partial charge in [0.15, 0.2) is 0 Å². The summed E-state index contributed by atoms with van der Waals surface area (Å²) in [7, 11) is 0. The van der Waals surface area contributed by atoms with Crippen molar-refractivity contribution >= 4 is 11.8 Å². The van der Waals surface area contributed by atoms with Crippen molar-refractivity contribution in [2.75, 3.05) is 6.54 Å². The maximum absolute atomic E-state index is 13.7. The van der Waals surface area contributed by atoms with Gasteiger partial charge in [-0.05, 0) is 87.2 Å². The van der Waals surface area contributed by atoms with E-state index in [1.807, 2.05) is 17.0 Å². The van der Waals surface area contributed by atoms with Crippen molar-refractivity contribution in [3.05, 3.63) is 35.4 Å². The number of rotatable bonds is 4. The second kappa shape index (κ2) is 6.89. The molecule has 0 aromatic heterocycles. The molecular formula is C24H32N2O2. The highest BCUT2D eigenvalue weighted by Crippen LogP contribution is 2.60. The van der Waals surface area contributed by atoms with E-state index in [2.05, 4.69) is 24.4 Å². The smallest absolute Gasteiger partial charge is 0.243 e. The molecule has 1 saturated heterocycles. The van der Waals surface area contributed by atoms with Gasteiger partial charge in [-0.15, -0.1) is 0 Å². The molecule has 1 N–H and O–H groups in total. The number of carbonyl (C=O) groups is 2. The molecular weight excluding hydrogens is 348 g/mol. The zero-order valence-electron chi connectivity index (χ0n) is 17.0. The third-order valence-electron chi connectivity index (χ3n) is 8.02. The molecule has 2 amide bonds. The predicted octanol–water partition coefficient (Wildman–Crippen LogP) is 3.82. The molecule has 0 radical (unpaired) electrons. The molecule has 4 aliphatic carbocycles. The Kier molecular flexibility index (Phi) is 4.48. The Balaban J connectivity index is 1.28. The van der Waals surface area contributed by atoms with Crippen LogP contribution in [0.3, 0.4) is 0 Å². The van der Waals surface area contributed by atoms with Crippen LogP contribution in [0.4, 0.5) is 0 Å². The van der Waals surface area contributed by atoms with Crippen LogP contribution >= 0.6 is 0 Å². The van der Waals surface area contributed by atoms with E-state index in [1.165, 1.54) is 24.8 Å². The van der Waals surface area contributed by atoms with Crippen molar-refractivity contribution < 1.29 is 9.59 Å². The van der Waals surface area contributed by atoms with Gasteiger partial charge < -0.3 is 10.2 Å². The molecule has 4 heteroatoms. The topological polar surface area (TPSA) is 49.4 Å². The fourth-order valence-corrected chi connectivity index (χ4v) is 7.07. The number of nitrogens with zero attached hydrogens (tertiary/aromatic N) is 1. The molecule has 150 valence electrons. The van der Waals surface area contributed by atoms with Crippen molar-refractivity contribution in [2.45, 2.75) is 70.9 Å². The normalized spacial score (nSPS) is 36.0. The van der Waals surface area contributed by atoms with E-state index < -0.39 is 0 Å². The van der Waals surface area contributed by atoms with Gasteiger partial charge in [0.2, 0.25) is 11.8 Å². The standard InChI is InChI=1S/C24H32N2O2/c1-16-5-2-3-6-20(16)15-25-22(27)21-7-4-8-26(21)23(28)24-12-17-9-18(13-24)11-19(10-17)14-24/h2-3,5-6,17-19,21H,4,7-15H2,1H3,(H,25,27). The largest absolute Gasteiger partial charge is 0.350 e. The SMILES string of the molecule is Cc1ccccc1CNC(=O)C1CCCN1C(=O)C12CC3CC(CC(C3)C1)C2. The Hall–Kier alpha value is -1.84. The summed E-state index contributed by atoms with van der Waals surface area (Å²) in [5, 5.41) is 3.11. The number of nitrogens with one attached hydrogen (secondary N) is 1. The molecule has 5 fully saturated rings. The van der Waals surface area contributed by atoms with Crippen LogP contribution in [0.2, 0.25) is 0 Å². The molecule has 1 aliphatic heterocycles. The molecule has 4 nitrogen and oxygen atoms in total. The lowest BCUT2D eigenvalue weighted by atomic mass is 9.49. The highest BCUT2D eigenvalue weighted by Gasteiger charge is 2.56. The first-order valence-corrected chi connectivity index (χ1v) is 11.2. The number of carbonyl (C=O) groups excluding carboxylic acids is 2. The molecule has 5 aliphatic rings. The molecule has 6 rings (SSSR count). The number of likely N-dealkylation sites (tertiary alicyclic amines) is 1. The molecule has 1 unspecified atom stereocenters. The van der Waals surface area contributed by atoms with Crippen LogP contribution in [-0.2, 0) is 16.1 Å². The van der Waals surface area contributed by atoms with Gasteiger partial charge in [-0.25, -0.2) is 0 Å².